The van der Waals surface area contributed by atoms with E-state index in [1.54, 1.807) is 20.3 Å². The molecular formula is C21H26N2O3S. The predicted octanol–water partition coefficient (Wildman–Crippen LogP) is 4.71. The molecule has 0 aliphatic carbocycles. The van der Waals surface area contributed by atoms with Gasteiger partial charge in [-0.3, -0.25) is 0 Å². The largest absolute Gasteiger partial charge is 0.493 e. The molecule has 0 spiro atoms. The lowest BCUT2D eigenvalue weighted by Crippen LogP contribution is -2.32. The highest BCUT2D eigenvalue weighted by atomic mass is 32.1. The third-order valence-electron chi connectivity index (χ3n) is 4.00. The molecule has 0 aliphatic rings. The highest BCUT2D eigenvalue weighted by molar-refractivity contribution is 7.80. The summed E-state index contributed by atoms with van der Waals surface area (Å²) in [5, 5.41) is 7.10. The normalized spacial score (nSPS) is 11.2. The molecule has 27 heavy (non-hydrogen) atoms. The van der Waals surface area contributed by atoms with Gasteiger partial charge in [-0.25, -0.2) is 0 Å². The number of methoxy groups -OCH3 is 2. The quantitative estimate of drug-likeness (QED) is 0.481. The van der Waals surface area contributed by atoms with Crippen LogP contribution in [0.15, 0.2) is 55.1 Å². The van der Waals surface area contributed by atoms with Gasteiger partial charge in [0, 0.05) is 5.69 Å². The Morgan fingerprint density at radius 3 is 2.41 bits per heavy atom. The summed E-state index contributed by atoms with van der Waals surface area (Å²) in [5.74, 6) is 2.19. The molecule has 0 fully saturated rings. The average molecular weight is 387 g/mol. The minimum atomic E-state index is 0.0556. The zero-order chi connectivity index (χ0) is 19.6. The first-order valence-corrected chi connectivity index (χ1v) is 9.15. The summed E-state index contributed by atoms with van der Waals surface area (Å²) < 4.78 is 16.2. The van der Waals surface area contributed by atoms with Gasteiger partial charge in [0.25, 0.3) is 0 Å². The van der Waals surface area contributed by atoms with Crippen molar-refractivity contribution in [2.45, 2.75) is 19.4 Å². The fraction of sp³-hybridized carbons (Fsp3) is 0.286. The molecule has 0 saturated heterocycles. The molecule has 5 nitrogen and oxygen atoms in total. The van der Waals surface area contributed by atoms with Gasteiger partial charge in [0.2, 0.25) is 0 Å². The van der Waals surface area contributed by atoms with E-state index >= 15 is 0 Å². The highest BCUT2D eigenvalue weighted by Gasteiger charge is 2.14. The van der Waals surface area contributed by atoms with Crippen LogP contribution in [0.4, 0.5) is 5.69 Å². The Morgan fingerprint density at radius 1 is 1.11 bits per heavy atom. The van der Waals surface area contributed by atoms with Gasteiger partial charge in [0.1, 0.15) is 12.4 Å². The van der Waals surface area contributed by atoms with E-state index in [1.807, 2.05) is 42.5 Å². The van der Waals surface area contributed by atoms with Crippen LogP contribution in [0.5, 0.6) is 17.2 Å². The Bertz CT molecular complexity index is 763. The fourth-order valence-corrected chi connectivity index (χ4v) is 2.87. The molecule has 0 heterocycles. The molecule has 2 aromatic rings. The SMILES string of the molecule is C=CCOc1ccc(NC(=S)N[C@@H](CC)c2ccc(OC)c(OC)c2)cc1. The standard InChI is InChI=1S/C21H26N2O3S/c1-5-13-26-17-10-8-16(9-11-17)22-21(27)23-18(6-2)15-7-12-19(24-3)20(14-15)25-4/h5,7-12,14,18H,1,6,13H2,2-4H3,(H2,22,23,27)/t18-/m0/s1. The zero-order valence-corrected chi connectivity index (χ0v) is 16.8. The molecule has 0 aromatic heterocycles. The third-order valence-corrected chi connectivity index (χ3v) is 4.22. The van der Waals surface area contributed by atoms with Gasteiger partial charge in [-0.2, -0.15) is 0 Å². The lowest BCUT2D eigenvalue weighted by Gasteiger charge is -2.21. The molecule has 2 rings (SSSR count). The molecule has 2 aromatic carbocycles. The van der Waals surface area contributed by atoms with Gasteiger partial charge in [-0.15, -0.1) is 0 Å². The lowest BCUT2D eigenvalue weighted by molar-refractivity contribution is 0.354. The number of benzene rings is 2. The summed E-state index contributed by atoms with van der Waals surface area (Å²) in [7, 11) is 3.25. The van der Waals surface area contributed by atoms with E-state index in [9.17, 15) is 0 Å². The summed E-state index contributed by atoms with van der Waals surface area (Å²) in [6.45, 7) is 6.22. The van der Waals surface area contributed by atoms with Gasteiger partial charge < -0.3 is 24.8 Å². The monoisotopic (exact) mass is 386 g/mol. The molecular weight excluding hydrogens is 360 g/mol. The first kappa shape index (κ1) is 20.6. The van der Waals surface area contributed by atoms with Crippen LogP contribution in [0.25, 0.3) is 0 Å². The van der Waals surface area contributed by atoms with Gasteiger partial charge in [-0.1, -0.05) is 25.6 Å². The van der Waals surface area contributed by atoms with Crippen LogP contribution in [0.3, 0.4) is 0 Å². The van der Waals surface area contributed by atoms with E-state index in [0.29, 0.717) is 23.2 Å². The number of rotatable bonds is 9. The number of hydrogen-bond acceptors (Lipinski definition) is 4. The summed E-state index contributed by atoms with van der Waals surface area (Å²) in [6.07, 6.45) is 2.58. The number of hydrogen-bond donors (Lipinski definition) is 2. The van der Waals surface area contributed by atoms with Crippen molar-refractivity contribution >= 4 is 23.0 Å². The van der Waals surface area contributed by atoms with Crippen molar-refractivity contribution in [2.24, 2.45) is 0 Å². The summed E-state index contributed by atoms with van der Waals surface area (Å²) >= 11 is 5.47. The number of anilines is 1. The first-order valence-electron chi connectivity index (χ1n) is 8.74. The third kappa shape index (κ3) is 5.89. The second kappa shape index (κ2) is 10.4. The molecule has 0 unspecified atom stereocenters. The maximum atomic E-state index is 5.48. The van der Waals surface area contributed by atoms with E-state index in [4.69, 9.17) is 26.4 Å². The van der Waals surface area contributed by atoms with Crippen LogP contribution < -0.4 is 24.8 Å². The van der Waals surface area contributed by atoms with Gasteiger partial charge >= 0.3 is 0 Å². The smallest absolute Gasteiger partial charge is 0.171 e. The van der Waals surface area contributed by atoms with Gasteiger partial charge in [-0.05, 0) is 60.6 Å². The van der Waals surface area contributed by atoms with E-state index in [1.165, 1.54) is 0 Å². The minimum Gasteiger partial charge on any atom is -0.493 e. The van der Waals surface area contributed by atoms with E-state index < -0.39 is 0 Å². The molecule has 6 heteroatoms. The van der Waals surface area contributed by atoms with Gasteiger partial charge in [0.05, 0.1) is 20.3 Å². The lowest BCUT2D eigenvalue weighted by atomic mass is 10.0. The van der Waals surface area contributed by atoms with Crippen molar-refractivity contribution in [1.82, 2.24) is 5.32 Å². The fourth-order valence-electron chi connectivity index (χ4n) is 2.61. The zero-order valence-electron chi connectivity index (χ0n) is 16.0. The molecule has 0 amide bonds. The Morgan fingerprint density at radius 2 is 1.81 bits per heavy atom. The molecule has 144 valence electrons. The number of nitrogens with one attached hydrogen (secondary N) is 2. The van der Waals surface area contributed by atoms with Crippen molar-refractivity contribution in [3.63, 3.8) is 0 Å². The van der Waals surface area contributed by atoms with Crippen LogP contribution in [0, 0.1) is 0 Å². The Hall–Kier alpha value is -2.73. The van der Waals surface area contributed by atoms with E-state index in [2.05, 4.69) is 24.1 Å². The summed E-state index contributed by atoms with van der Waals surface area (Å²) in [6, 6.07) is 13.6. The van der Waals surface area contributed by atoms with Crippen molar-refractivity contribution < 1.29 is 14.2 Å². The van der Waals surface area contributed by atoms with Crippen molar-refractivity contribution in [3.8, 4) is 17.2 Å². The van der Waals surface area contributed by atoms with Crippen LogP contribution in [0.1, 0.15) is 24.9 Å². The van der Waals surface area contributed by atoms with E-state index in [0.717, 1.165) is 23.4 Å². The Balaban J connectivity index is 2.01. The van der Waals surface area contributed by atoms with Crippen molar-refractivity contribution in [2.75, 3.05) is 26.1 Å². The molecule has 0 aliphatic heterocycles. The maximum Gasteiger partial charge on any atom is 0.171 e. The molecule has 2 N–H and O–H groups in total. The van der Waals surface area contributed by atoms with E-state index in [-0.39, 0.29) is 6.04 Å². The molecule has 0 radical (unpaired) electrons. The van der Waals surface area contributed by atoms with Crippen LogP contribution >= 0.6 is 12.2 Å². The predicted molar refractivity (Wildman–Crippen MR) is 114 cm³/mol. The summed E-state index contributed by atoms with van der Waals surface area (Å²) in [5.41, 5.74) is 1.97. The van der Waals surface area contributed by atoms with Crippen LogP contribution in [-0.4, -0.2) is 25.9 Å². The summed E-state index contributed by atoms with van der Waals surface area (Å²) in [4.78, 5) is 0. The van der Waals surface area contributed by atoms with Crippen molar-refractivity contribution in [3.05, 3.63) is 60.7 Å². The first-order chi connectivity index (χ1) is 13.1. The molecule has 0 saturated carbocycles. The Kier molecular flexibility index (Phi) is 7.95. The van der Waals surface area contributed by atoms with Crippen molar-refractivity contribution in [1.29, 1.82) is 0 Å². The highest BCUT2D eigenvalue weighted by Crippen LogP contribution is 2.31. The Labute approximate surface area is 166 Å². The van der Waals surface area contributed by atoms with Crippen LogP contribution in [0.2, 0.25) is 0 Å². The maximum absolute atomic E-state index is 5.48. The topological polar surface area (TPSA) is 51.8 Å². The van der Waals surface area contributed by atoms with Crippen LogP contribution in [-0.2, 0) is 0 Å². The number of thiocarbonyl (C=S) groups is 1. The average Bonchev–Trinajstić information content (AvgIpc) is 2.71. The molecule has 1 atom stereocenters. The minimum absolute atomic E-state index is 0.0556. The van der Waals surface area contributed by atoms with Gasteiger partial charge in [0.15, 0.2) is 16.6 Å². The second-order valence-electron chi connectivity index (χ2n) is 5.80. The number of ether oxygens (including phenoxy) is 3. The second-order valence-corrected chi connectivity index (χ2v) is 6.21. The molecule has 0 bridgehead atoms.